The summed E-state index contributed by atoms with van der Waals surface area (Å²) in [5.41, 5.74) is 1.69. The first kappa shape index (κ1) is 16.9. The number of anilines is 1. The van der Waals surface area contributed by atoms with Crippen LogP contribution in [0, 0.1) is 0 Å². The van der Waals surface area contributed by atoms with Gasteiger partial charge in [-0.3, -0.25) is 4.79 Å². The van der Waals surface area contributed by atoms with Gasteiger partial charge in [0.15, 0.2) is 0 Å². The number of amides is 1. The number of halogens is 1. The second-order valence-electron chi connectivity index (χ2n) is 4.32. The number of hydrogen-bond donors (Lipinski definition) is 2. The normalized spacial score (nSPS) is 13.8. The Bertz CT molecular complexity index is 604. The summed E-state index contributed by atoms with van der Waals surface area (Å²) in [5.74, 6) is -0.0553. The van der Waals surface area contributed by atoms with Crippen molar-refractivity contribution in [2.24, 2.45) is 0 Å². The molecule has 0 fully saturated rings. The van der Waals surface area contributed by atoms with E-state index in [2.05, 4.69) is 10.0 Å². The molecule has 0 unspecified atom stereocenters. The summed E-state index contributed by atoms with van der Waals surface area (Å²) in [6, 6.07) is 4.89. The first-order chi connectivity index (χ1) is 8.99. The molecule has 0 aliphatic carbocycles. The molecular weight excluding hydrogens is 302 g/mol. The lowest BCUT2D eigenvalue weighted by atomic mass is 10.2. The van der Waals surface area contributed by atoms with Crippen molar-refractivity contribution in [3.05, 3.63) is 23.8 Å². The molecule has 20 heavy (non-hydrogen) atoms. The fraction of sp³-hybridized carbons (Fsp3) is 0.417. The van der Waals surface area contributed by atoms with Crippen LogP contribution in [0.3, 0.4) is 0 Å². The summed E-state index contributed by atoms with van der Waals surface area (Å²) in [6.07, 6.45) is 0.755. The molecule has 1 aliphatic heterocycles. The van der Waals surface area contributed by atoms with Crippen molar-refractivity contribution in [2.45, 2.75) is 11.3 Å². The number of likely N-dealkylation sites (N-methyl/N-ethyl adjacent to an activating group) is 1. The molecule has 8 heteroatoms. The molecule has 112 valence electrons. The minimum absolute atomic E-state index is 0. The molecule has 0 spiro atoms. The van der Waals surface area contributed by atoms with Crippen LogP contribution in [0.5, 0.6) is 0 Å². The van der Waals surface area contributed by atoms with E-state index in [0.29, 0.717) is 12.2 Å². The predicted octanol–water partition coefficient (Wildman–Crippen LogP) is 0.125. The van der Waals surface area contributed by atoms with Crippen LogP contribution in [0.1, 0.15) is 5.56 Å². The Labute approximate surface area is 125 Å². The number of carbonyl (C=O) groups excluding carboxylic acids is 1. The van der Waals surface area contributed by atoms with E-state index in [0.717, 1.165) is 12.0 Å². The van der Waals surface area contributed by atoms with Gasteiger partial charge in [0, 0.05) is 12.2 Å². The molecule has 0 saturated heterocycles. The fourth-order valence-corrected chi connectivity index (χ4v) is 2.90. The molecule has 0 atom stereocenters. The van der Waals surface area contributed by atoms with Crippen molar-refractivity contribution in [2.75, 3.05) is 32.1 Å². The summed E-state index contributed by atoms with van der Waals surface area (Å²) in [4.78, 5) is 13.7. The molecule has 2 N–H and O–H groups in total. The van der Waals surface area contributed by atoms with Crippen molar-refractivity contribution in [1.29, 1.82) is 0 Å². The number of rotatable bonds is 4. The van der Waals surface area contributed by atoms with Gasteiger partial charge in [0.05, 0.1) is 11.4 Å². The number of benzene rings is 1. The lowest BCUT2D eigenvalue weighted by Crippen LogP contribution is -2.36. The second kappa shape index (κ2) is 6.53. The Kier molecular flexibility index (Phi) is 5.52. The molecule has 6 nitrogen and oxygen atoms in total. The van der Waals surface area contributed by atoms with Gasteiger partial charge in [-0.25, -0.2) is 13.1 Å². The minimum atomic E-state index is -3.48. The third-order valence-corrected chi connectivity index (χ3v) is 4.57. The zero-order valence-electron chi connectivity index (χ0n) is 11.3. The summed E-state index contributed by atoms with van der Waals surface area (Å²) >= 11 is 0. The van der Waals surface area contributed by atoms with Gasteiger partial charge < -0.3 is 10.2 Å². The summed E-state index contributed by atoms with van der Waals surface area (Å²) < 4.78 is 25.8. The van der Waals surface area contributed by atoms with Gasteiger partial charge >= 0.3 is 0 Å². The van der Waals surface area contributed by atoms with Crippen molar-refractivity contribution in [3.63, 3.8) is 0 Å². The van der Waals surface area contributed by atoms with Crippen molar-refractivity contribution < 1.29 is 13.2 Å². The van der Waals surface area contributed by atoms with Crippen LogP contribution >= 0.6 is 12.4 Å². The molecule has 0 aromatic heterocycles. The molecule has 0 saturated carbocycles. The zero-order chi connectivity index (χ0) is 14.0. The Morgan fingerprint density at radius 1 is 1.35 bits per heavy atom. The van der Waals surface area contributed by atoms with Gasteiger partial charge in [-0.1, -0.05) is 6.07 Å². The number of fused-ring (bicyclic) bond motifs is 1. The number of carbonyl (C=O) groups is 1. The van der Waals surface area contributed by atoms with Gasteiger partial charge in [0.25, 0.3) is 0 Å². The molecule has 1 aromatic carbocycles. The monoisotopic (exact) mass is 319 g/mol. The number of sulfonamides is 1. The lowest BCUT2D eigenvalue weighted by molar-refractivity contribution is -0.117. The zero-order valence-corrected chi connectivity index (χ0v) is 13.0. The van der Waals surface area contributed by atoms with Crippen LogP contribution in [0.2, 0.25) is 0 Å². The van der Waals surface area contributed by atoms with E-state index in [1.54, 1.807) is 30.1 Å². The Hall–Kier alpha value is -1.15. The van der Waals surface area contributed by atoms with E-state index < -0.39 is 10.0 Å². The van der Waals surface area contributed by atoms with Gasteiger partial charge in [0.2, 0.25) is 15.9 Å². The van der Waals surface area contributed by atoms with Gasteiger partial charge in [-0.2, -0.15) is 0 Å². The topological polar surface area (TPSA) is 78.5 Å². The van der Waals surface area contributed by atoms with Crippen LogP contribution in [-0.4, -0.2) is 41.5 Å². The maximum atomic E-state index is 11.9. The number of nitrogens with zero attached hydrogens (tertiary/aromatic N) is 1. The standard InChI is InChI=1S/C12H17N3O3S.ClH/c1-13-8-12(16)15-6-5-9-3-4-10(7-11(9)15)19(17,18)14-2;/h3-4,7,13-14H,5-6,8H2,1-2H3;1H. The van der Waals surface area contributed by atoms with Gasteiger partial charge in [-0.15, -0.1) is 12.4 Å². The van der Waals surface area contributed by atoms with E-state index in [1.165, 1.54) is 7.05 Å². The Morgan fingerprint density at radius 3 is 2.65 bits per heavy atom. The van der Waals surface area contributed by atoms with Crippen LogP contribution in [0.15, 0.2) is 23.1 Å². The highest BCUT2D eigenvalue weighted by molar-refractivity contribution is 7.89. The smallest absolute Gasteiger partial charge is 0.240 e. The molecule has 2 rings (SSSR count). The van der Waals surface area contributed by atoms with E-state index in [4.69, 9.17) is 0 Å². The molecule has 1 heterocycles. The molecule has 1 aromatic rings. The first-order valence-electron chi connectivity index (χ1n) is 6.01. The van der Waals surface area contributed by atoms with Crippen LogP contribution in [-0.2, 0) is 21.2 Å². The Balaban J connectivity index is 0.00000200. The molecule has 1 amide bonds. The van der Waals surface area contributed by atoms with Crippen molar-refractivity contribution in [1.82, 2.24) is 10.0 Å². The van der Waals surface area contributed by atoms with E-state index >= 15 is 0 Å². The highest BCUT2D eigenvalue weighted by atomic mass is 35.5. The third-order valence-electron chi connectivity index (χ3n) is 3.16. The summed E-state index contributed by atoms with van der Waals surface area (Å²) in [7, 11) is -0.412. The summed E-state index contributed by atoms with van der Waals surface area (Å²) in [6.45, 7) is 0.835. The maximum absolute atomic E-state index is 11.9. The van der Waals surface area contributed by atoms with Crippen molar-refractivity contribution in [3.8, 4) is 0 Å². The van der Waals surface area contributed by atoms with E-state index in [9.17, 15) is 13.2 Å². The quantitative estimate of drug-likeness (QED) is 0.826. The van der Waals surface area contributed by atoms with Crippen molar-refractivity contribution >= 4 is 34.0 Å². The highest BCUT2D eigenvalue weighted by Crippen LogP contribution is 2.30. The summed E-state index contributed by atoms with van der Waals surface area (Å²) in [5, 5.41) is 2.81. The van der Waals surface area contributed by atoms with Gasteiger partial charge in [-0.05, 0) is 38.2 Å². The highest BCUT2D eigenvalue weighted by Gasteiger charge is 2.26. The number of hydrogen-bond acceptors (Lipinski definition) is 4. The van der Waals surface area contributed by atoms with Gasteiger partial charge in [0.1, 0.15) is 0 Å². The SMILES string of the molecule is CNCC(=O)N1CCc2ccc(S(=O)(=O)NC)cc21.Cl. The minimum Gasteiger partial charge on any atom is -0.311 e. The third kappa shape index (κ3) is 3.12. The van der Waals surface area contributed by atoms with E-state index in [1.807, 2.05) is 0 Å². The molecule has 1 aliphatic rings. The average molecular weight is 320 g/mol. The number of nitrogens with one attached hydrogen (secondary N) is 2. The average Bonchev–Trinajstić information content (AvgIpc) is 2.81. The first-order valence-corrected chi connectivity index (χ1v) is 7.49. The maximum Gasteiger partial charge on any atom is 0.240 e. The molecule has 0 bridgehead atoms. The molecular formula is C12H18ClN3O3S. The largest absolute Gasteiger partial charge is 0.311 e. The van der Waals surface area contributed by atoms with E-state index in [-0.39, 0.29) is 29.8 Å². The molecule has 0 radical (unpaired) electrons. The van der Waals surface area contributed by atoms with Crippen LogP contribution in [0.25, 0.3) is 0 Å². The predicted molar refractivity (Wildman–Crippen MR) is 79.9 cm³/mol. The van der Waals surface area contributed by atoms with Crippen LogP contribution in [0.4, 0.5) is 5.69 Å². The second-order valence-corrected chi connectivity index (χ2v) is 6.21. The fourth-order valence-electron chi connectivity index (χ4n) is 2.15. The Morgan fingerprint density at radius 2 is 2.05 bits per heavy atom. The lowest BCUT2D eigenvalue weighted by Gasteiger charge is -2.17. The van der Waals surface area contributed by atoms with Crippen LogP contribution < -0.4 is 14.9 Å².